The second kappa shape index (κ2) is 6.62. The Balaban J connectivity index is 4.15. The molecule has 0 heterocycles. The van der Waals surface area contributed by atoms with Gasteiger partial charge in [0.15, 0.2) is 0 Å². The fourth-order valence-electron chi connectivity index (χ4n) is 1.21. The number of hydrogen-bond acceptors (Lipinski definition) is 3. The maximum Gasteiger partial charge on any atom is 0.328 e. The molecule has 0 fully saturated rings. The van der Waals surface area contributed by atoms with Gasteiger partial charge in [0.05, 0.1) is 6.61 Å². The molecule has 0 aromatic rings. The molecule has 0 bridgehead atoms. The first kappa shape index (κ1) is 15.9. The lowest BCUT2D eigenvalue weighted by Gasteiger charge is -2.27. The molecule has 0 aliphatic rings. The van der Waals surface area contributed by atoms with Gasteiger partial charge in [0.1, 0.15) is 6.04 Å². The molecule has 0 radical (unpaired) electrons. The van der Waals surface area contributed by atoms with Crippen LogP contribution in [0.1, 0.15) is 48.0 Å². The van der Waals surface area contributed by atoms with Gasteiger partial charge < -0.3 is 10.1 Å². The van der Waals surface area contributed by atoms with E-state index in [1.54, 1.807) is 13.8 Å². The molecule has 0 unspecified atom stereocenters. The lowest BCUT2D eigenvalue weighted by atomic mass is 9.80. The van der Waals surface area contributed by atoms with Crippen molar-refractivity contribution in [2.45, 2.75) is 54.0 Å². The normalized spacial score (nSPS) is 14.9. The van der Waals surface area contributed by atoms with Crippen LogP contribution < -0.4 is 5.32 Å². The highest BCUT2D eigenvalue weighted by atomic mass is 16.5. The number of carbonyl (C=O) groups excluding carboxylic acids is 2. The summed E-state index contributed by atoms with van der Waals surface area (Å²) in [5.41, 5.74) is 0.0878. The molecule has 0 saturated heterocycles. The molecule has 0 aromatic heterocycles. The predicted molar refractivity (Wildman–Crippen MR) is 67.5 cm³/mol. The van der Waals surface area contributed by atoms with Crippen molar-refractivity contribution in [1.82, 2.24) is 5.32 Å². The molecule has 0 aliphatic carbocycles. The lowest BCUT2D eigenvalue weighted by molar-refractivity contribution is -0.147. The molecule has 0 saturated carbocycles. The maximum absolute atomic E-state index is 11.7. The van der Waals surface area contributed by atoms with Crippen LogP contribution in [0.3, 0.4) is 0 Å². The number of amides is 1. The van der Waals surface area contributed by atoms with Crippen LogP contribution in [0.2, 0.25) is 0 Å². The highest BCUT2D eigenvalue weighted by molar-refractivity contribution is 5.84. The monoisotopic (exact) mass is 243 g/mol. The Morgan fingerprint density at radius 2 is 1.76 bits per heavy atom. The molecular formula is C13H25NO3. The second-order valence-electron chi connectivity index (χ2n) is 5.51. The van der Waals surface area contributed by atoms with Crippen molar-refractivity contribution in [2.75, 3.05) is 6.61 Å². The van der Waals surface area contributed by atoms with Crippen LogP contribution in [0.5, 0.6) is 0 Å². The second-order valence-corrected chi connectivity index (χ2v) is 5.51. The van der Waals surface area contributed by atoms with Crippen molar-refractivity contribution in [3.8, 4) is 0 Å². The van der Waals surface area contributed by atoms with Crippen LogP contribution >= 0.6 is 0 Å². The van der Waals surface area contributed by atoms with E-state index in [9.17, 15) is 9.59 Å². The SMILES string of the molecule is CCOC(=O)[C@@H](C)NC(=O)C[C@@H](C)C(C)(C)C. The standard InChI is InChI=1S/C13H25NO3/c1-7-17-12(16)10(3)14-11(15)8-9(2)13(4,5)6/h9-10H,7-8H2,1-6H3,(H,14,15)/t9-,10-/m1/s1. The molecule has 0 rings (SSSR count). The highest BCUT2D eigenvalue weighted by Gasteiger charge is 2.24. The summed E-state index contributed by atoms with van der Waals surface area (Å²) in [6.07, 6.45) is 0.424. The van der Waals surface area contributed by atoms with Gasteiger partial charge in [-0.05, 0) is 25.2 Å². The lowest BCUT2D eigenvalue weighted by Crippen LogP contribution is -2.40. The Morgan fingerprint density at radius 1 is 1.24 bits per heavy atom. The summed E-state index contributed by atoms with van der Waals surface area (Å²) in [7, 11) is 0. The fourth-order valence-corrected chi connectivity index (χ4v) is 1.21. The Kier molecular flexibility index (Phi) is 6.21. The summed E-state index contributed by atoms with van der Waals surface area (Å²) in [6, 6.07) is -0.574. The van der Waals surface area contributed by atoms with Gasteiger partial charge >= 0.3 is 5.97 Å². The van der Waals surface area contributed by atoms with E-state index in [0.29, 0.717) is 13.0 Å². The molecule has 4 heteroatoms. The summed E-state index contributed by atoms with van der Waals surface area (Å²) in [6.45, 7) is 12.0. The largest absolute Gasteiger partial charge is 0.464 e. The van der Waals surface area contributed by atoms with Gasteiger partial charge in [-0.1, -0.05) is 27.7 Å². The van der Waals surface area contributed by atoms with E-state index in [0.717, 1.165) is 0 Å². The third-order valence-corrected chi connectivity index (χ3v) is 2.99. The van der Waals surface area contributed by atoms with Gasteiger partial charge in [-0.2, -0.15) is 0 Å². The zero-order chi connectivity index (χ0) is 13.6. The molecule has 100 valence electrons. The summed E-state index contributed by atoms with van der Waals surface area (Å²) in [4.78, 5) is 23.0. The van der Waals surface area contributed by atoms with E-state index in [2.05, 4.69) is 26.1 Å². The molecule has 17 heavy (non-hydrogen) atoms. The summed E-state index contributed by atoms with van der Waals surface area (Å²) in [5.74, 6) is -0.228. The Labute approximate surface area is 104 Å². The van der Waals surface area contributed by atoms with Crippen molar-refractivity contribution in [3.05, 3.63) is 0 Å². The van der Waals surface area contributed by atoms with Crippen molar-refractivity contribution < 1.29 is 14.3 Å². The Morgan fingerprint density at radius 3 is 2.18 bits per heavy atom. The van der Waals surface area contributed by atoms with Crippen molar-refractivity contribution in [2.24, 2.45) is 11.3 Å². The molecule has 4 nitrogen and oxygen atoms in total. The molecule has 2 atom stereocenters. The van der Waals surface area contributed by atoms with E-state index in [-0.39, 0.29) is 23.2 Å². The molecule has 1 N–H and O–H groups in total. The van der Waals surface area contributed by atoms with Gasteiger partial charge in [-0.25, -0.2) is 4.79 Å². The zero-order valence-corrected chi connectivity index (χ0v) is 11.8. The maximum atomic E-state index is 11.7. The average molecular weight is 243 g/mol. The van der Waals surface area contributed by atoms with Gasteiger partial charge in [-0.3, -0.25) is 4.79 Å². The number of esters is 1. The number of carbonyl (C=O) groups is 2. The number of nitrogens with one attached hydrogen (secondary N) is 1. The fraction of sp³-hybridized carbons (Fsp3) is 0.846. The summed E-state index contributed by atoms with van der Waals surface area (Å²) < 4.78 is 4.82. The Bertz CT molecular complexity index is 268. The van der Waals surface area contributed by atoms with Crippen molar-refractivity contribution in [3.63, 3.8) is 0 Å². The minimum Gasteiger partial charge on any atom is -0.464 e. The van der Waals surface area contributed by atoms with Crippen LogP contribution in [-0.4, -0.2) is 24.5 Å². The van der Waals surface area contributed by atoms with Crippen molar-refractivity contribution >= 4 is 11.9 Å². The average Bonchev–Trinajstić information content (AvgIpc) is 2.16. The first-order valence-electron chi connectivity index (χ1n) is 6.14. The molecule has 0 aliphatic heterocycles. The predicted octanol–water partition coefficient (Wildman–Crippen LogP) is 2.13. The smallest absolute Gasteiger partial charge is 0.328 e. The van der Waals surface area contributed by atoms with Crippen LogP contribution in [-0.2, 0) is 14.3 Å². The van der Waals surface area contributed by atoms with Gasteiger partial charge in [-0.15, -0.1) is 0 Å². The summed E-state index contributed by atoms with van der Waals surface area (Å²) >= 11 is 0. The third-order valence-electron chi connectivity index (χ3n) is 2.99. The molecule has 0 aromatic carbocycles. The van der Waals surface area contributed by atoms with Gasteiger partial charge in [0.2, 0.25) is 5.91 Å². The van der Waals surface area contributed by atoms with Crippen LogP contribution in [0, 0.1) is 11.3 Å². The molecular weight excluding hydrogens is 218 g/mol. The van der Waals surface area contributed by atoms with E-state index in [1.165, 1.54) is 0 Å². The van der Waals surface area contributed by atoms with Crippen LogP contribution in [0.25, 0.3) is 0 Å². The topological polar surface area (TPSA) is 55.4 Å². The highest BCUT2D eigenvalue weighted by Crippen LogP contribution is 2.27. The van der Waals surface area contributed by atoms with Crippen LogP contribution in [0.15, 0.2) is 0 Å². The summed E-state index contributed by atoms with van der Waals surface area (Å²) in [5, 5.41) is 2.65. The van der Waals surface area contributed by atoms with Gasteiger partial charge in [0, 0.05) is 6.42 Å². The van der Waals surface area contributed by atoms with E-state index >= 15 is 0 Å². The minimum absolute atomic E-state index is 0.0878. The van der Waals surface area contributed by atoms with Crippen molar-refractivity contribution in [1.29, 1.82) is 0 Å². The minimum atomic E-state index is -0.574. The van der Waals surface area contributed by atoms with E-state index in [4.69, 9.17) is 4.74 Å². The van der Waals surface area contributed by atoms with E-state index < -0.39 is 6.04 Å². The van der Waals surface area contributed by atoms with E-state index in [1.807, 2.05) is 6.92 Å². The van der Waals surface area contributed by atoms with Crippen LogP contribution in [0.4, 0.5) is 0 Å². The number of ether oxygens (including phenoxy) is 1. The van der Waals surface area contributed by atoms with Gasteiger partial charge in [0.25, 0.3) is 0 Å². The first-order chi connectivity index (χ1) is 7.68. The quantitative estimate of drug-likeness (QED) is 0.753. The zero-order valence-electron chi connectivity index (χ0n) is 11.8. The number of hydrogen-bond donors (Lipinski definition) is 1. The first-order valence-corrected chi connectivity index (χ1v) is 6.14. The Hall–Kier alpha value is -1.06. The number of rotatable bonds is 5. The molecule has 0 spiro atoms. The molecule has 1 amide bonds. The third kappa shape index (κ3) is 6.29.